The summed E-state index contributed by atoms with van der Waals surface area (Å²) in [4.78, 5) is 14.9. The number of esters is 1. The standard InChI is InChI=1S/C14H18N4O4/c1-8(19)21-6-11-10(20)5-14(2,22-11)12-4-3-9-13(15)16-7-17-18(9)12/h3-4,7,10-11,20H,5-6H2,1-2H3,(H2,15,16,17)/t10-,11+,14+/m0/s1. The Morgan fingerprint density at radius 3 is 3.14 bits per heavy atom. The molecule has 1 fully saturated rings. The summed E-state index contributed by atoms with van der Waals surface area (Å²) in [5.41, 5.74) is 6.52. The third-order valence-corrected chi connectivity index (χ3v) is 3.91. The zero-order chi connectivity index (χ0) is 15.9. The molecule has 2 aromatic heterocycles. The predicted molar refractivity (Wildman–Crippen MR) is 76.9 cm³/mol. The number of anilines is 1. The van der Waals surface area contributed by atoms with Crippen molar-refractivity contribution >= 4 is 17.3 Å². The number of hydrogen-bond donors (Lipinski definition) is 2. The lowest BCUT2D eigenvalue weighted by molar-refractivity contribution is -0.149. The molecule has 3 heterocycles. The summed E-state index contributed by atoms with van der Waals surface area (Å²) in [7, 11) is 0. The molecule has 0 unspecified atom stereocenters. The van der Waals surface area contributed by atoms with E-state index in [9.17, 15) is 9.90 Å². The fraction of sp³-hybridized carbons (Fsp3) is 0.500. The van der Waals surface area contributed by atoms with Crippen LogP contribution in [0.4, 0.5) is 5.82 Å². The van der Waals surface area contributed by atoms with Gasteiger partial charge in [-0.2, -0.15) is 5.10 Å². The second kappa shape index (κ2) is 5.22. The highest BCUT2D eigenvalue weighted by Crippen LogP contribution is 2.40. The van der Waals surface area contributed by atoms with Gasteiger partial charge in [-0.1, -0.05) is 0 Å². The Morgan fingerprint density at radius 2 is 2.41 bits per heavy atom. The van der Waals surface area contributed by atoms with E-state index in [4.69, 9.17) is 15.2 Å². The van der Waals surface area contributed by atoms with E-state index >= 15 is 0 Å². The van der Waals surface area contributed by atoms with Gasteiger partial charge in [0.1, 0.15) is 30.2 Å². The molecule has 118 valence electrons. The number of nitrogens with zero attached hydrogens (tertiary/aromatic N) is 3. The molecule has 0 aromatic carbocycles. The molecule has 1 aliphatic heterocycles. The van der Waals surface area contributed by atoms with Crippen LogP contribution in [0.2, 0.25) is 0 Å². The summed E-state index contributed by atoms with van der Waals surface area (Å²) in [5, 5.41) is 14.4. The van der Waals surface area contributed by atoms with Crippen LogP contribution in [-0.2, 0) is 19.9 Å². The minimum atomic E-state index is -0.753. The van der Waals surface area contributed by atoms with Crippen molar-refractivity contribution in [2.24, 2.45) is 0 Å². The number of aromatic nitrogens is 3. The molecular formula is C14H18N4O4. The molecule has 22 heavy (non-hydrogen) atoms. The fourth-order valence-corrected chi connectivity index (χ4v) is 2.85. The summed E-state index contributed by atoms with van der Waals surface area (Å²) in [6, 6.07) is 3.66. The molecule has 3 rings (SSSR count). The number of hydrogen-bond acceptors (Lipinski definition) is 7. The highest BCUT2D eigenvalue weighted by atomic mass is 16.6. The van der Waals surface area contributed by atoms with E-state index in [0.29, 0.717) is 17.8 Å². The number of nitrogens with two attached hydrogens (primary N) is 1. The Kier molecular flexibility index (Phi) is 3.50. The van der Waals surface area contributed by atoms with Gasteiger partial charge in [0, 0.05) is 13.3 Å². The van der Waals surface area contributed by atoms with Crippen molar-refractivity contribution in [3.63, 3.8) is 0 Å². The molecule has 1 saturated heterocycles. The van der Waals surface area contributed by atoms with Crippen molar-refractivity contribution in [2.75, 3.05) is 12.3 Å². The lowest BCUT2D eigenvalue weighted by Crippen LogP contribution is -2.29. The number of nitrogen functional groups attached to an aromatic ring is 1. The molecule has 0 aliphatic carbocycles. The largest absolute Gasteiger partial charge is 0.463 e. The molecule has 1 aliphatic rings. The van der Waals surface area contributed by atoms with Gasteiger partial charge in [0.25, 0.3) is 0 Å². The normalized spacial score (nSPS) is 28.1. The third kappa shape index (κ3) is 2.40. The third-order valence-electron chi connectivity index (χ3n) is 3.91. The number of carbonyl (C=O) groups excluding carboxylic acids is 1. The Bertz CT molecular complexity index is 716. The quantitative estimate of drug-likeness (QED) is 0.781. The van der Waals surface area contributed by atoms with Gasteiger partial charge in [-0.3, -0.25) is 4.79 Å². The maximum atomic E-state index is 10.9. The Hall–Kier alpha value is -2.19. The zero-order valence-corrected chi connectivity index (χ0v) is 12.4. The molecule has 0 spiro atoms. The highest BCUT2D eigenvalue weighted by Gasteiger charge is 2.45. The summed E-state index contributed by atoms with van der Waals surface area (Å²) < 4.78 is 12.5. The number of ether oxygens (including phenoxy) is 2. The minimum absolute atomic E-state index is 0.0204. The Morgan fingerprint density at radius 1 is 1.64 bits per heavy atom. The van der Waals surface area contributed by atoms with E-state index in [0.717, 1.165) is 5.69 Å². The van der Waals surface area contributed by atoms with Crippen LogP contribution in [0.5, 0.6) is 0 Å². The maximum Gasteiger partial charge on any atom is 0.302 e. The van der Waals surface area contributed by atoms with Crippen molar-refractivity contribution in [2.45, 2.75) is 38.1 Å². The Labute approximate surface area is 126 Å². The highest BCUT2D eigenvalue weighted by molar-refractivity contribution is 5.66. The molecule has 0 bridgehead atoms. The zero-order valence-electron chi connectivity index (χ0n) is 12.4. The first kappa shape index (κ1) is 14.7. The van der Waals surface area contributed by atoms with Gasteiger partial charge in [0.2, 0.25) is 0 Å². The van der Waals surface area contributed by atoms with E-state index in [-0.39, 0.29) is 6.61 Å². The van der Waals surface area contributed by atoms with Crippen molar-refractivity contribution in [1.82, 2.24) is 14.6 Å². The van der Waals surface area contributed by atoms with Crippen molar-refractivity contribution in [3.8, 4) is 0 Å². The van der Waals surface area contributed by atoms with Gasteiger partial charge >= 0.3 is 5.97 Å². The monoisotopic (exact) mass is 306 g/mol. The smallest absolute Gasteiger partial charge is 0.302 e. The summed E-state index contributed by atoms with van der Waals surface area (Å²) in [6.07, 6.45) is 0.444. The van der Waals surface area contributed by atoms with Gasteiger partial charge in [0.05, 0.1) is 11.8 Å². The van der Waals surface area contributed by atoms with Crippen LogP contribution < -0.4 is 5.73 Å². The molecular weight excluding hydrogens is 288 g/mol. The van der Waals surface area contributed by atoms with E-state index in [2.05, 4.69) is 10.1 Å². The number of fused-ring (bicyclic) bond motifs is 1. The summed E-state index contributed by atoms with van der Waals surface area (Å²) in [6.45, 7) is 3.21. The number of aliphatic hydroxyl groups is 1. The van der Waals surface area contributed by atoms with Crippen molar-refractivity contribution < 1.29 is 19.4 Å². The van der Waals surface area contributed by atoms with E-state index < -0.39 is 23.8 Å². The number of rotatable bonds is 3. The molecule has 8 heteroatoms. The van der Waals surface area contributed by atoms with Crippen molar-refractivity contribution in [1.29, 1.82) is 0 Å². The maximum absolute atomic E-state index is 10.9. The van der Waals surface area contributed by atoms with Crippen LogP contribution in [0, 0.1) is 0 Å². The topological polar surface area (TPSA) is 112 Å². The first-order chi connectivity index (χ1) is 10.4. The average molecular weight is 306 g/mol. The van der Waals surface area contributed by atoms with E-state index in [1.54, 1.807) is 4.52 Å². The SMILES string of the molecule is CC(=O)OC[C@H]1O[C@@](C)(c2ccc3c(N)ncnn23)C[C@@H]1O. The lowest BCUT2D eigenvalue weighted by Gasteiger charge is -2.24. The average Bonchev–Trinajstić information content (AvgIpc) is 3.00. The molecule has 3 N–H and O–H groups in total. The number of carbonyl (C=O) groups is 1. The van der Waals surface area contributed by atoms with Gasteiger partial charge in [-0.15, -0.1) is 0 Å². The van der Waals surface area contributed by atoms with Crippen LogP contribution in [0.3, 0.4) is 0 Å². The Balaban J connectivity index is 1.90. The van der Waals surface area contributed by atoms with Crippen molar-refractivity contribution in [3.05, 3.63) is 24.2 Å². The van der Waals surface area contributed by atoms with Gasteiger partial charge in [0.15, 0.2) is 5.82 Å². The first-order valence-corrected chi connectivity index (χ1v) is 6.98. The summed E-state index contributed by atoms with van der Waals surface area (Å²) >= 11 is 0. The van der Waals surface area contributed by atoms with Gasteiger partial charge in [-0.05, 0) is 19.1 Å². The molecule has 0 radical (unpaired) electrons. The van der Waals surface area contributed by atoms with Crippen LogP contribution in [0.1, 0.15) is 26.0 Å². The minimum Gasteiger partial charge on any atom is -0.463 e. The fourth-order valence-electron chi connectivity index (χ4n) is 2.85. The molecule has 0 saturated carbocycles. The molecule has 3 atom stereocenters. The van der Waals surface area contributed by atoms with E-state index in [1.807, 2.05) is 19.1 Å². The van der Waals surface area contributed by atoms with Crippen LogP contribution in [0.25, 0.3) is 5.52 Å². The van der Waals surface area contributed by atoms with Gasteiger partial charge < -0.3 is 20.3 Å². The lowest BCUT2D eigenvalue weighted by atomic mass is 9.97. The first-order valence-electron chi connectivity index (χ1n) is 6.98. The summed E-state index contributed by atoms with van der Waals surface area (Å²) in [5.74, 6) is -0.0297. The molecule has 8 nitrogen and oxygen atoms in total. The second-order valence-electron chi connectivity index (χ2n) is 5.62. The molecule has 2 aromatic rings. The number of aliphatic hydroxyl groups excluding tert-OH is 1. The van der Waals surface area contributed by atoms with Gasteiger partial charge in [-0.25, -0.2) is 9.50 Å². The predicted octanol–water partition coefficient (Wildman–Crippen LogP) is 0.240. The molecule has 0 amide bonds. The van der Waals surface area contributed by atoms with Crippen LogP contribution >= 0.6 is 0 Å². The second-order valence-corrected chi connectivity index (χ2v) is 5.62. The van der Waals surface area contributed by atoms with Crippen LogP contribution in [-0.4, -0.2) is 44.5 Å². The van der Waals surface area contributed by atoms with Crippen LogP contribution in [0.15, 0.2) is 18.5 Å². The van der Waals surface area contributed by atoms with E-state index in [1.165, 1.54) is 13.3 Å².